The highest BCUT2D eigenvalue weighted by atomic mass is 32.1. The molecule has 0 fully saturated rings. The third-order valence-corrected chi connectivity index (χ3v) is 5.05. The Morgan fingerprint density at radius 1 is 0.800 bits per heavy atom. The van der Waals surface area contributed by atoms with Crippen LogP contribution in [0.3, 0.4) is 0 Å². The fourth-order valence-corrected chi connectivity index (χ4v) is 3.42. The molecule has 0 aliphatic heterocycles. The molecule has 0 spiro atoms. The van der Waals surface area contributed by atoms with E-state index in [2.05, 4.69) is 16.0 Å². The number of thiophene rings is 1. The van der Waals surface area contributed by atoms with Crippen LogP contribution in [-0.4, -0.2) is 17.7 Å². The number of hydrogen-bond acceptors (Lipinski definition) is 4. The Hall–Kier alpha value is -3.45. The second kappa shape index (κ2) is 9.84. The van der Waals surface area contributed by atoms with E-state index < -0.39 is 0 Å². The Morgan fingerprint density at radius 2 is 1.47 bits per heavy atom. The molecule has 7 heteroatoms. The van der Waals surface area contributed by atoms with Crippen molar-refractivity contribution in [1.29, 1.82) is 0 Å². The molecule has 30 heavy (non-hydrogen) atoms. The summed E-state index contributed by atoms with van der Waals surface area (Å²) >= 11 is 1.33. The van der Waals surface area contributed by atoms with E-state index >= 15 is 0 Å². The number of hydrogen-bond donors (Lipinski definition) is 3. The standard InChI is InChI=1S/C23H23N3O3S/c1-15(2)14-21(27)24-16-9-11-17(12-10-16)25-22(28)18-6-3-4-7-19(18)26-23(29)20-8-5-13-30-20/h3-13,15H,14H2,1-2H3,(H,24,27)(H,25,28)(H,26,29). The fourth-order valence-electron chi connectivity index (χ4n) is 2.80. The van der Waals surface area contributed by atoms with E-state index in [1.165, 1.54) is 11.3 Å². The minimum atomic E-state index is -0.339. The van der Waals surface area contributed by atoms with Crippen molar-refractivity contribution in [3.63, 3.8) is 0 Å². The van der Waals surface area contributed by atoms with Gasteiger partial charge in [-0.1, -0.05) is 32.0 Å². The lowest BCUT2D eigenvalue weighted by Crippen LogP contribution is -2.17. The van der Waals surface area contributed by atoms with Gasteiger partial charge >= 0.3 is 0 Å². The molecule has 6 nitrogen and oxygen atoms in total. The summed E-state index contributed by atoms with van der Waals surface area (Å²) in [5.74, 6) is -0.360. The number of carbonyl (C=O) groups is 3. The van der Waals surface area contributed by atoms with Crippen LogP contribution in [0.2, 0.25) is 0 Å². The predicted octanol–water partition coefficient (Wildman–Crippen LogP) is 5.24. The summed E-state index contributed by atoms with van der Waals surface area (Å²) in [6.45, 7) is 3.97. The maximum atomic E-state index is 12.8. The Morgan fingerprint density at radius 3 is 2.10 bits per heavy atom. The van der Waals surface area contributed by atoms with Crippen molar-refractivity contribution < 1.29 is 14.4 Å². The average Bonchev–Trinajstić information content (AvgIpc) is 3.24. The summed E-state index contributed by atoms with van der Waals surface area (Å²) in [7, 11) is 0. The summed E-state index contributed by atoms with van der Waals surface area (Å²) in [5.41, 5.74) is 2.05. The van der Waals surface area contributed by atoms with E-state index in [9.17, 15) is 14.4 Å². The highest BCUT2D eigenvalue weighted by molar-refractivity contribution is 7.12. The Balaban J connectivity index is 1.66. The topological polar surface area (TPSA) is 87.3 Å². The van der Waals surface area contributed by atoms with Crippen LogP contribution in [0.25, 0.3) is 0 Å². The predicted molar refractivity (Wildman–Crippen MR) is 121 cm³/mol. The molecule has 3 amide bonds. The van der Waals surface area contributed by atoms with Crippen molar-refractivity contribution >= 4 is 46.1 Å². The van der Waals surface area contributed by atoms with Crippen LogP contribution in [0.4, 0.5) is 17.1 Å². The molecule has 0 atom stereocenters. The van der Waals surface area contributed by atoms with Gasteiger partial charge in [-0.25, -0.2) is 0 Å². The zero-order chi connectivity index (χ0) is 21.5. The minimum absolute atomic E-state index is 0.0443. The third kappa shape index (κ3) is 5.78. The zero-order valence-electron chi connectivity index (χ0n) is 16.8. The van der Waals surface area contributed by atoms with Crippen molar-refractivity contribution in [3.8, 4) is 0 Å². The zero-order valence-corrected chi connectivity index (χ0v) is 17.6. The summed E-state index contributed by atoms with van der Waals surface area (Å²) in [6.07, 6.45) is 0.451. The Bertz CT molecular complexity index is 1030. The van der Waals surface area contributed by atoms with E-state index in [-0.39, 0.29) is 23.6 Å². The van der Waals surface area contributed by atoms with Crippen LogP contribution in [-0.2, 0) is 4.79 Å². The molecule has 3 aromatic rings. The molecule has 1 aromatic heterocycles. The maximum Gasteiger partial charge on any atom is 0.265 e. The summed E-state index contributed by atoms with van der Waals surface area (Å²) in [6, 6.07) is 17.3. The molecule has 1 heterocycles. The van der Waals surface area contributed by atoms with Crippen molar-refractivity contribution in [2.45, 2.75) is 20.3 Å². The second-order valence-electron chi connectivity index (χ2n) is 7.15. The lowest BCUT2D eigenvalue weighted by Gasteiger charge is -2.12. The first kappa shape index (κ1) is 21.3. The van der Waals surface area contributed by atoms with Crippen LogP contribution in [0.5, 0.6) is 0 Å². The van der Waals surface area contributed by atoms with Crippen molar-refractivity contribution in [2.24, 2.45) is 5.92 Å². The summed E-state index contributed by atoms with van der Waals surface area (Å²) in [4.78, 5) is 37.5. The molecular formula is C23H23N3O3S. The normalized spacial score (nSPS) is 10.5. The minimum Gasteiger partial charge on any atom is -0.326 e. The van der Waals surface area contributed by atoms with Gasteiger partial charge in [0.05, 0.1) is 16.1 Å². The molecule has 154 valence electrons. The third-order valence-electron chi connectivity index (χ3n) is 4.19. The van der Waals surface area contributed by atoms with Gasteiger partial charge < -0.3 is 16.0 Å². The van der Waals surface area contributed by atoms with Crippen LogP contribution >= 0.6 is 11.3 Å². The molecule has 0 saturated carbocycles. The number of amides is 3. The van der Waals surface area contributed by atoms with Gasteiger partial charge in [-0.3, -0.25) is 14.4 Å². The molecule has 3 rings (SSSR count). The molecule has 2 aromatic carbocycles. The monoisotopic (exact) mass is 421 g/mol. The lowest BCUT2D eigenvalue weighted by atomic mass is 10.1. The molecule has 0 bridgehead atoms. The second-order valence-corrected chi connectivity index (χ2v) is 8.10. The van der Waals surface area contributed by atoms with Gasteiger partial charge in [-0.05, 0) is 53.8 Å². The number of rotatable bonds is 7. The van der Waals surface area contributed by atoms with E-state index in [0.29, 0.717) is 33.9 Å². The van der Waals surface area contributed by atoms with Gasteiger partial charge in [-0.15, -0.1) is 11.3 Å². The molecular weight excluding hydrogens is 398 g/mol. The highest BCUT2D eigenvalue weighted by Gasteiger charge is 2.15. The Labute approximate surface area is 179 Å². The number of anilines is 3. The largest absolute Gasteiger partial charge is 0.326 e. The van der Waals surface area contributed by atoms with Gasteiger partial charge in [0, 0.05) is 17.8 Å². The van der Waals surface area contributed by atoms with Gasteiger partial charge in [0.2, 0.25) is 5.91 Å². The van der Waals surface area contributed by atoms with E-state index in [0.717, 1.165) is 0 Å². The van der Waals surface area contributed by atoms with Crippen molar-refractivity contribution in [3.05, 3.63) is 76.5 Å². The van der Waals surface area contributed by atoms with E-state index in [1.54, 1.807) is 60.7 Å². The molecule has 3 N–H and O–H groups in total. The van der Waals surface area contributed by atoms with E-state index in [4.69, 9.17) is 0 Å². The summed E-state index contributed by atoms with van der Waals surface area (Å²) < 4.78 is 0. The van der Waals surface area contributed by atoms with Crippen LogP contribution < -0.4 is 16.0 Å². The number of benzene rings is 2. The molecule has 0 radical (unpaired) electrons. The molecule has 0 saturated heterocycles. The van der Waals surface area contributed by atoms with E-state index in [1.807, 2.05) is 19.2 Å². The van der Waals surface area contributed by atoms with Gasteiger partial charge in [0.15, 0.2) is 0 Å². The van der Waals surface area contributed by atoms with Gasteiger partial charge in [-0.2, -0.15) is 0 Å². The molecule has 0 aliphatic rings. The Kier molecular flexibility index (Phi) is 6.98. The maximum absolute atomic E-state index is 12.8. The highest BCUT2D eigenvalue weighted by Crippen LogP contribution is 2.21. The number of carbonyl (C=O) groups excluding carboxylic acids is 3. The number of nitrogens with one attached hydrogen (secondary N) is 3. The quantitative estimate of drug-likeness (QED) is 0.488. The SMILES string of the molecule is CC(C)CC(=O)Nc1ccc(NC(=O)c2ccccc2NC(=O)c2cccs2)cc1. The van der Waals surface area contributed by atoms with Crippen LogP contribution in [0.15, 0.2) is 66.0 Å². The molecule has 0 unspecified atom stereocenters. The average molecular weight is 422 g/mol. The van der Waals surface area contributed by atoms with Crippen LogP contribution in [0.1, 0.15) is 40.3 Å². The smallest absolute Gasteiger partial charge is 0.265 e. The molecule has 0 aliphatic carbocycles. The van der Waals surface area contributed by atoms with Gasteiger partial charge in [0.25, 0.3) is 11.8 Å². The lowest BCUT2D eigenvalue weighted by molar-refractivity contribution is -0.116. The first-order valence-corrected chi connectivity index (χ1v) is 10.5. The van der Waals surface area contributed by atoms with Crippen LogP contribution in [0, 0.1) is 5.92 Å². The summed E-state index contributed by atoms with van der Waals surface area (Å²) in [5, 5.41) is 10.3. The number of para-hydroxylation sites is 1. The first-order valence-electron chi connectivity index (χ1n) is 9.57. The van der Waals surface area contributed by atoms with Crippen molar-refractivity contribution in [2.75, 3.05) is 16.0 Å². The first-order chi connectivity index (χ1) is 14.4. The van der Waals surface area contributed by atoms with Gasteiger partial charge in [0.1, 0.15) is 0 Å². The fraction of sp³-hybridized carbons (Fsp3) is 0.174. The van der Waals surface area contributed by atoms with Crippen molar-refractivity contribution in [1.82, 2.24) is 0 Å².